The van der Waals surface area contributed by atoms with E-state index in [2.05, 4.69) is 10.1 Å². The molecule has 0 aliphatic heterocycles. The van der Waals surface area contributed by atoms with E-state index in [9.17, 15) is 8.78 Å². The van der Waals surface area contributed by atoms with Crippen molar-refractivity contribution >= 4 is 0 Å². The summed E-state index contributed by atoms with van der Waals surface area (Å²) in [5, 5.41) is 3.37. The minimum absolute atomic E-state index is 0.0347. The minimum atomic E-state index is -2.88. The van der Waals surface area contributed by atoms with Crippen LogP contribution >= 0.6 is 0 Å². The highest BCUT2D eigenvalue weighted by Gasteiger charge is 2.21. The van der Waals surface area contributed by atoms with E-state index in [1.54, 1.807) is 12.1 Å². The maximum Gasteiger partial charge on any atom is 0.387 e. The van der Waals surface area contributed by atoms with Crippen molar-refractivity contribution in [2.75, 3.05) is 20.2 Å². The highest BCUT2D eigenvalue weighted by Crippen LogP contribution is 2.33. The monoisotopic (exact) mass is 300 g/mol. The van der Waals surface area contributed by atoms with Gasteiger partial charge in [-0.1, -0.05) is 18.9 Å². The lowest BCUT2D eigenvalue weighted by atomic mass is 10.1. The van der Waals surface area contributed by atoms with Crippen LogP contribution < -0.4 is 20.5 Å². The lowest BCUT2D eigenvalue weighted by molar-refractivity contribution is -0.0512. The standard InChI is InChI=1S/C15H22F2N2O2/c1-20-13-5-4-11(8-14(13)21-15(16)17)12(9-18)19-7-6-10-2-3-10/h4-5,8,10,12,15,19H,2-3,6-7,9,18H2,1H3. The second-order valence-corrected chi connectivity index (χ2v) is 5.26. The van der Waals surface area contributed by atoms with Crippen molar-refractivity contribution in [1.29, 1.82) is 0 Å². The lowest BCUT2D eigenvalue weighted by Gasteiger charge is -2.19. The molecule has 0 bridgehead atoms. The number of hydrogen-bond acceptors (Lipinski definition) is 4. The molecule has 1 aromatic carbocycles. The Bertz CT molecular complexity index is 453. The Labute approximate surface area is 123 Å². The molecular weight excluding hydrogens is 278 g/mol. The third-order valence-corrected chi connectivity index (χ3v) is 3.68. The number of methoxy groups -OCH3 is 1. The lowest BCUT2D eigenvalue weighted by Crippen LogP contribution is -2.29. The Kier molecular flexibility index (Phi) is 5.76. The average Bonchev–Trinajstić information content (AvgIpc) is 3.27. The van der Waals surface area contributed by atoms with Gasteiger partial charge in [-0.15, -0.1) is 0 Å². The summed E-state index contributed by atoms with van der Waals surface area (Å²) in [7, 11) is 1.42. The van der Waals surface area contributed by atoms with E-state index in [1.807, 2.05) is 6.07 Å². The molecule has 0 aromatic heterocycles. The van der Waals surface area contributed by atoms with Gasteiger partial charge in [0.15, 0.2) is 11.5 Å². The Morgan fingerprint density at radius 1 is 1.33 bits per heavy atom. The average molecular weight is 300 g/mol. The quantitative estimate of drug-likeness (QED) is 0.736. The maximum atomic E-state index is 12.4. The summed E-state index contributed by atoms with van der Waals surface area (Å²) in [5.41, 5.74) is 6.60. The van der Waals surface area contributed by atoms with E-state index < -0.39 is 6.61 Å². The van der Waals surface area contributed by atoms with Gasteiger partial charge in [0.1, 0.15) is 0 Å². The summed E-state index contributed by atoms with van der Waals surface area (Å²) in [6, 6.07) is 4.93. The van der Waals surface area contributed by atoms with Crippen LogP contribution in [0.5, 0.6) is 11.5 Å². The highest BCUT2D eigenvalue weighted by molar-refractivity contribution is 5.44. The predicted molar refractivity (Wildman–Crippen MR) is 76.8 cm³/mol. The van der Waals surface area contributed by atoms with Gasteiger partial charge >= 0.3 is 6.61 Å². The number of nitrogens with two attached hydrogens (primary N) is 1. The predicted octanol–water partition coefficient (Wildman–Crippen LogP) is 2.69. The summed E-state index contributed by atoms with van der Waals surface area (Å²) < 4.78 is 34.4. The zero-order valence-electron chi connectivity index (χ0n) is 12.1. The first-order chi connectivity index (χ1) is 10.1. The maximum absolute atomic E-state index is 12.4. The third-order valence-electron chi connectivity index (χ3n) is 3.68. The molecule has 0 spiro atoms. The first-order valence-electron chi connectivity index (χ1n) is 7.20. The SMILES string of the molecule is COc1ccc(C(CN)NCCC2CC2)cc1OC(F)F. The second kappa shape index (κ2) is 7.56. The molecule has 1 aliphatic carbocycles. The molecule has 3 N–H and O–H groups in total. The summed E-state index contributed by atoms with van der Waals surface area (Å²) in [5.74, 6) is 1.16. The van der Waals surface area contributed by atoms with E-state index >= 15 is 0 Å². The molecule has 21 heavy (non-hydrogen) atoms. The molecule has 6 heteroatoms. The number of ether oxygens (including phenoxy) is 2. The molecule has 1 aliphatic rings. The van der Waals surface area contributed by atoms with Gasteiger partial charge < -0.3 is 20.5 Å². The van der Waals surface area contributed by atoms with Crippen LogP contribution in [0.4, 0.5) is 8.78 Å². The molecule has 1 saturated carbocycles. The van der Waals surface area contributed by atoms with Crippen molar-refractivity contribution < 1.29 is 18.3 Å². The molecular formula is C15H22F2N2O2. The molecule has 1 unspecified atom stereocenters. The third kappa shape index (κ3) is 4.82. The fraction of sp³-hybridized carbons (Fsp3) is 0.600. The molecule has 118 valence electrons. The van der Waals surface area contributed by atoms with Crippen LogP contribution in [-0.2, 0) is 0 Å². The van der Waals surface area contributed by atoms with Crippen molar-refractivity contribution in [2.45, 2.75) is 31.9 Å². The molecule has 0 amide bonds. The van der Waals surface area contributed by atoms with Gasteiger partial charge in [-0.05, 0) is 36.6 Å². The molecule has 2 rings (SSSR count). The minimum Gasteiger partial charge on any atom is -0.493 e. The van der Waals surface area contributed by atoms with Gasteiger partial charge in [0.05, 0.1) is 7.11 Å². The summed E-state index contributed by atoms with van der Waals surface area (Å²) in [4.78, 5) is 0. The molecule has 1 fully saturated rings. The van der Waals surface area contributed by atoms with Gasteiger partial charge in [0.25, 0.3) is 0 Å². The number of nitrogens with one attached hydrogen (secondary N) is 1. The fourth-order valence-electron chi connectivity index (χ4n) is 2.30. The van der Waals surface area contributed by atoms with Crippen molar-refractivity contribution in [3.05, 3.63) is 23.8 Å². The van der Waals surface area contributed by atoms with Crippen LogP contribution in [-0.4, -0.2) is 26.8 Å². The summed E-state index contributed by atoms with van der Waals surface area (Å²) in [6.07, 6.45) is 3.75. The zero-order valence-corrected chi connectivity index (χ0v) is 12.1. The van der Waals surface area contributed by atoms with Crippen molar-refractivity contribution in [3.63, 3.8) is 0 Å². The van der Waals surface area contributed by atoms with E-state index in [1.165, 1.54) is 20.0 Å². The van der Waals surface area contributed by atoms with E-state index in [0.29, 0.717) is 6.54 Å². The van der Waals surface area contributed by atoms with Crippen LogP contribution in [0.1, 0.15) is 30.9 Å². The van der Waals surface area contributed by atoms with Crippen molar-refractivity contribution in [3.8, 4) is 11.5 Å². The summed E-state index contributed by atoms with van der Waals surface area (Å²) in [6.45, 7) is -1.61. The molecule has 1 aromatic rings. The normalized spacial score (nSPS) is 16.0. The van der Waals surface area contributed by atoms with Crippen LogP contribution in [0.25, 0.3) is 0 Å². The number of hydrogen-bond donors (Lipinski definition) is 2. The Balaban J connectivity index is 2.04. The van der Waals surface area contributed by atoms with Gasteiger partial charge in [0, 0.05) is 12.6 Å². The van der Waals surface area contributed by atoms with Gasteiger partial charge in [-0.25, -0.2) is 0 Å². The van der Waals surface area contributed by atoms with Crippen LogP contribution in [0.3, 0.4) is 0 Å². The second-order valence-electron chi connectivity index (χ2n) is 5.26. The Hall–Kier alpha value is -1.40. The van der Waals surface area contributed by atoms with Crippen molar-refractivity contribution in [2.24, 2.45) is 11.7 Å². The van der Waals surface area contributed by atoms with Crippen LogP contribution in [0.15, 0.2) is 18.2 Å². The zero-order chi connectivity index (χ0) is 15.2. The highest BCUT2D eigenvalue weighted by atomic mass is 19.3. The van der Waals surface area contributed by atoms with E-state index in [4.69, 9.17) is 10.5 Å². The van der Waals surface area contributed by atoms with Gasteiger partial charge in [0.2, 0.25) is 0 Å². The fourth-order valence-corrected chi connectivity index (χ4v) is 2.30. The van der Waals surface area contributed by atoms with E-state index in [0.717, 1.165) is 24.4 Å². The number of benzene rings is 1. The largest absolute Gasteiger partial charge is 0.493 e. The van der Waals surface area contributed by atoms with Crippen molar-refractivity contribution in [1.82, 2.24) is 5.32 Å². The van der Waals surface area contributed by atoms with Crippen LogP contribution in [0.2, 0.25) is 0 Å². The summed E-state index contributed by atoms with van der Waals surface area (Å²) >= 11 is 0. The molecule has 0 radical (unpaired) electrons. The number of rotatable bonds is 9. The number of halogens is 2. The molecule has 1 atom stereocenters. The first kappa shape index (κ1) is 16.0. The Morgan fingerprint density at radius 2 is 2.10 bits per heavy atom. The molecule has 0 heterocycles. The van der Waals surface area contributed by atoms with Gasteiger partial charge in [-0.3, -0.25) is 0 Å². The molecule has 4 nitrogen and oxygen atoms in total. The first-order valence-corrected chi connectivity index (χ1v) is 7.20. The smallest absolute Gasteiger partial charge is 0.387 e. The van der Waals surface area contributed by atoms with E-state index in [-0.39, 0.29) is 17.5 Å². The van der Waals surface area contributed by atoms with Gasteiger partial charge in [-0.2, -0.15) is 8.78 Å². The Morgan fingerprint density at radius 3 is 2.67 bits per heavy atom. The van der Waals surface area contributed by atoms with Crippen LogP contribution in [0, 0.1) is 5.92 Å². The molecule has 0 saturated heterocycles. The topological polar surface area (TPSA) is 56.5 Å². The number of alkyl halides is 2.